The fourth-order valence-corrected chi connectivity index (χ4v) is 3.82. The van der Waals surface area contributed by atoms with E-state index in [1.165, 1.54) is 0 Å². The minimum atomic E-state index is -0.289. The molecule has 5 rings (SSSR count). The van der Waals surface area contributed by atoms with Gasteiger partial charge in [0.2, 0.25) is 5.88 Å². The fourth-order valence-electron chi connectivity index (χ4n) is 3.82. The molecule has 0 aliphatic rings. The third-order valence-corrected chi connectivity index (χ3v) is 5.63. The summed E-state index contributed by atoms with van der Waals surface area (Å²) in [5, 5.41) is 14.3. The molecule has 0 aliphatic carbocycles. The van der Waals surface area contributed by atoms with Crippen LogP contribution in [0.15, 0.2) is 95.5 Å². The lowest BCUT2D eigenvalue weighted by Gasteiger charge is -2.10. The van der Waals surface area contributed by atoms with Gasteiger partial charge < -0.3 is 20.5 Å². The summed E-state index contributed by atoms with van der Waals surface area (Å²) in [6.07, 6.45) is 0. The van der Waals surface area contributed by atoms with Gasteiger partial charge in [0.25, 0.3) is 0 Å². The number of para-hydroxylation sites is 1. The Bertz CT molecular complexity index is 1440. The van der Waals surface area contributed by atoms with Gasteiger partial charge in [-0.3, -0.25) is 0 Å². The van der Waals surface area contributed by atoms with Crippen LogP contribution in [0.1, 0.15) is 11.1 Å². The Balaban J connectivity index is 1.39. The van der Waals surface area contributed by atoms with E-state index in [0.29, 0.717) is 11.6 Å². The first-order valence-electron chi connectivity index (χ1n) is 11.0. The summed E-state index contributed by atoms with van der Waals surface area (Å²) in [7, 11) is 0. The van der Waals surface area contributed by atoms with E-state index in [1.54, 1.807) is 0 Å². The summed E-state index contributed by atoms with van der Waals surface area (Å²) in [6, 6.07) is 29.1. The van der Waals surface area contributed by atoms with E-state index in [0.717, 1.165) is 44.5 Å². The average molecular weight is 449 g/mol. The number of rotatable bonds is 5. The molecule has 0 saturated carbocycles. The van der Waals surface area contributed by atoms with Gasteiger partial charge in [-0.1, -0.05) is 65.3 Å². The molecule has 0 spiro atoms. The number of aryl methyl sites for hydroxylation is 2. The van der Waals surface area contributed by atoms with Crippen LogP contribution in [-0.2, 0) is 0 Å². The molecule has 1 aromatic heterocycles. The third-order valence-electron chi connectivity index (χ3n) is 5.63. The predicted octanol–water partition coefficient (Wildman–Crippen LogP) is 7.50. The Morgan fingerprint density at radius 3 is 2.06 bits per heavy atom. The van der Waals surface area contributed by atoms with Gasteiger partial charge in [-0.2, -0.15) is 0 Å². The fraction of sp³-hybridized carbons (Fsp3) is 0.0714. The van der Waals surface area contributed by atoms with Crippen molar-refractivity contribution >= 4 is 39.9 Å². The quantitative estimate of drug-likeness (QED) is 0.260. The number of anilines is 4. The van der Waals surface area contributed by atoms with Crippen molar-refractivity contribution in [2.75, 3.05) is 16.0 Å². The van der Waals surface area contributed by atoms with E-state index >= 15 is 0 Å². The minimum Gasteiger partial charge on any atom is -0.337 e. The molecular weight excluding hydrogens is 424 g/mol. The van der Waals surface area contributed by atoms with Gasteiger partial charge in [-0.25, -0.2) is 4.79 Å². The molecule has 0 radical (unpaired) electrons. The van der Waals surface area contributed by atoms with E-state index in [4.69, 9.17) is 4.52 Å². The molecule has 0 fully saturated rings. The highest BCUT2D eigenvalue weighted by atomic mass is 16.5. The van der Waals surface area contributed by atoms with Crippen molar-refractivity contribution in [3.8, 4) is 11.1 Å². The lowest BCUT2D eigenvalue weighted by atomic mass is 9.99. The van der Waals surface area contributed by atoms with Crippen molar-refractivity contribution in [2.24, 2.45) is 0 Å². The molecule has 0 bridgehead atoms. The molecule has 34 heavy (non-hydrogen) atoms. The Morgan fingerprint density at radius 1 is 0.735 bits per heavy atom. The van der Waals surface area contributed by atoms with Crippen LogP contribution >= 0.6 is 0 Å². The molecule has 0 aliphatic heterocycles. The highest BCUT2D eigenvalue weighted by Gasteiger charge is 2.16. The van der Waals surface area contributed by atoms with Gasteiger partial charge in [0.15, 0.2) is 0 Å². The Hall–Kier alpha value is -4.58. The first kappa shape index (κ1) is 21.3. The summed E-state index contributed by atoms with van der Waals surface area (Å²) in [4.78, 5) is 12.4. The maximum absolute atomic E-state index is 12.4. The summed E-state index contributed by atoms with van der Waals surface area (Å²) in [5.41, 5.74) is 7.35. The molecule has 5 aromatic rings. The van der Waals surface area contributed by atoms with Crippen LogP contribution in [0.3, 0.4) is 0 Å². The van der Waals surface area contributed by atoms with Crippen molar-refractivity contribution in [3.05, 3.63) is 102 Å². The van der Waals surface area contributed by atoms with Crippen molar-refractivity contribution in [3.63, 3.8) is 0 Å². The smallest absolute Gasteiger partial charge is 0.323 e. The maximum atomic E-state index is 12.4. The third kappa shape index (κ3) is 4.47. The molecule has 0 unspecified atom stereocenters. The number of hydrogen-bond acceptors (Lipinski definition) is 4. The molecular formula is C28H24N4O2. The number of nitrogens with zero attached hydrogens (tertiary/aromatic N) is 1. The molecule has 0 saturated heterocycles. The zero-order valence-corrected chi connectivity index (χ0v) is 18.9. The topological polar surface area (TPSA) is 79.2 Å². The number of urea groups is 1. The monoisotopic (exact) mass is 448 g/mol. The molecule has 3 N–H and O–H groups in total. The number of amides is 2. The van der Waals surface area contributed by atoms with Crippen LogP contribution in [0.2, 0.25) is 0 Å². The van der Waals surface area contributed by atoms with Gasteiger partial charge in [0.1, 0.15) is 5.52 Å². The number of hydrogen-bond donors (Lipinski definition) is 3. The second kappa shape index (κ2) is 9.11. The standard InChI is InChI=1S/C28H24N4O2/c1-18-8-13-22(14-9-18)30-28(33)31-23-15-11-20(12-16-23)24-17-10-19(2)26-25(24)27(34-32-26)29-21-6-4-3-5-7-21/h3-17,29H,1-2H3,(H2,30,31,33). The van der Waals surface area contributed by atoms with Crippen molar-refractivity contribution in [2.45, 2.75) is 13.8 Å². The van der Waals surface area contributed by atoms with E-state index in [-0.39, 0.29) is 6.03 Å². The van der Waals surface area contributed by atoms with E-state index < -0.39 is 0 Å². The first-order chi connectivity index (χ1) is 16.6. The Labute approximate surface area is 197 Å². The molecule has 6 nitrogen and oxygen atoms in total. The van der Waals surface area contributed by atoms with Gasteiger partial charge in [0.05, 0.1) is 5.39 Å². The molecule has 6 heteroatoms. The van der Waals surface area contributed by atoms with Crippen LogP contribution in [-0.4, -0.2) is 11.2 Å². The lowest BCUT2D eigenvalue weighted by molar-refractivity contribution is 0.262. The second-order valence-electron chi connectivity index (χ2n) is 8.18. The van der Waals surface area contributed by atoms with Gasteiger partial charge >= 0.3 is 6.03 Å². The van der Waals surface area contributed by atoms with Crippen LogP contribution in [0.4, 0.5) is 27.7 Å². The van der Waals surface area contributed by atoms with E-state index in [2.05, 4.69) is 27.2 Å². The zero-order valence-electron chi connectivity index (χ0n) is 18.9. The van der Waals surface area contributed by atoms with Crippen LogP contribution in [0, 0.1) is 13.8 Å². The minimum absolute atomic E-state index is 0.289. The highest BCUT2D eigenvalue weighted by Crippen LogP contribution is 2.37. The number of nitrogens with one attached hydrogen (secondary N) is 3. The van der Waals surface area contributed by atoms with Crippen molar-refractivity contribution in [1.29, 1.82) is 0 Å². The Morgan fingerprint density at radius 2 is 1.38 bits per heavy atom. The lowest BCUT2D eigenvalue weighted by Crippen LogP contribution is -2.19. The maximum Gasteiger partial charge on any atom is 0.323 e. The van der Waals surface area contributed by atoms with Crippen LogP contribution < -0.4 is 16.0 Å². The second-order valence-corrected chi connectivity index (χ2v) is 8.18. The summed E-state index contributed by atoms with van der Waals surface area (Å²) < 4.78 is 5.68. The zero-order chi connectivity index (χ0) is 23.5. The summed E-state index contributed by atoms with van der Waals surface area (Å²) >= 11 is 0. The van der Waals surface area contributed by atoms with Gasteiger partial charge in [0, 0.05) is 17.1 Å². The molecule has 1 heterocycles. The first-order valence-corrected chi connectivity index (χ1v) is 11.0. The van der Waals surface area contributed by atoms with Gasteiger partial charge in [-0.05, 0) is 66.9 Å². The van der Waals surface area contributed by atoms with E-state index in [9.17, 15) is 4.79 Å². The number of fused-ring (bicyclic) bond motifs is 1. The largest absolute Gasteiger partial charge is 0.337 e. The normalized spacial score (nSPS) is 10.8. The number of carbonyl (C=O) groups is 1. The average Bonchev–Trinajstić information content (AvgIpc) is 3.27. The number of aromatic nitrogens is 1. The Kier molecular flexibility index (Phi) is 5.70. The van der Waals surface area contributed by atoms with Crippen LogP contribution in [0.25, 0.3) is 22.0 Å². The molecule has 2 amide bonds. The highest BCUT2D eigenvalue weighted by molar-refractivity contribution is 6.04. The van der Waals surface area contributed by atoms with Crippen molar-refractivity contribution < 1.29 is 9.32 Å². The number of carbonyl (C=O) groups excluding carboxylic acids is 1. The molecule has 168 valence electrons. The van der Waals surface area contributed by atoms with Gasteiger partial charge in [-0.15, -0.1) is 0 Å². The van der Waals surface area contributed by atoms with Crippen molar-refractivity contribution in [1.82, 2.24) is 5.16 Å². The number of benzene rings is 4. The molecule has 4 aromatic carbocycles. The summed E-state index contributed by atoms with van der Waals surface area (Å²) in [6.45, 7) is 4.02. The SMILES string of the molecule is Cc1ccc(NC(=O)Nc2ccc(-c3ccc(C)c4noc(Nc5ccccc5)c34)cc2)cc1. The predicted molar refractivity (Wildman–Crippen MR) is 138 cm³/mol. The summed E-state index contributed by atoms with van der Waals surface area (Å²) in [5.74, 6) is 0.597. The van der Waals surface area contributed by atoms with E-state index in [1.807, 2.05) is 98.8 Å². The van der Waals surface area contributed by atoms with Crippen LogP contribution in [0.5, 0.6) is 0 Å². The molecule has 0 atom stereocenters.